The Morgan fingerprint density at radius 2 is 2.08 bits per heavy atom. The number of rotatable bonds is 4. The van der Waals surface area contributed by atoms with Crippen LogP contribution in [-0.4, -0.2) is 18.8 Å². The van der Waals surface area contributed by atoms with Crippen molar-refractivity contribution in [1.82, 2.24) is 0 Å². The lowest BCUT2D eigenvalue weighted by atomic mass is 10.0. The van der Waals surface area contributed by atoms with Gasteiger partial charge in [-0.2, -0.15) is 0 Å². The molecule has 1 N–H and O–H groups in total. The molecule has 0 fully saturated rings. The summed E-state index contributed by atoms with van der Waals surface area (Å²) in [7, 11) is 1.69. The van der Waals surface area contributed by atoms with Gasteiger partial charge in [-0.05, 0) is 24.5 Å². The van der Waals surface area contributed by atoms with E-state index in [1.165, 1.54) is 11.1 Å². The van der Waals surface area contributed by atoms with E-state index in [1.54, 1.807) is 7.11 Å². The van der Waals surface area contributed by atoms with Crippen LogP contribution in [0.25, 0.3) is 0 Å². The molecular weight excluding hydrogens is 164 g/mol. The number of methoxy groups -OCH3 is 1. The minimum absolute atomic E-state index is 0.0998. The van der Waals surface area contributed by atoms with Crippen LogP contribution in [-0.2, 0) is 11.2 Å². The van der Waals surface area contributed by atoms with E-state index in [4.69, 9.17) is 9.84 Å². The normalized spacial score (nSPS) is 12.8. The summed E-state index contributed by atoms with van der Waals surface area (Å²) in [4.78, 5) is 0. The largest absolute Gasteiger partial charge is 0.396 e. The fourth-order valence-electron chi connectivity index (χ4n) is 1.41. The van der Waals surface area contributed by atoms with Gasteiger partial charge >= 0.3 is 0 Å². The van der Waals surface area contributed by atoms with E-state index in [1.807, 2.05) is 31.2 Å². The van der Waals surface area contributed by atoms with Crippen LogP contribution < -0.4 is 0 Å². The lowest BCUT2D eigenvalue weighted by Crippen LogP contribution is -2.02. The van der Waals surface area contributed by atoms with E-state index >= 15 is 0 Å². The van der Waals surface area contributed by atoms with Gasteiger partial charge in [0.1, 0.15) is 0 Å². The second-order valence-electron chi connectivity index (χ2n) is 3.05. The first kappa shape index (κ1) is 10.2. The molecular formula is C11H16O2. The maximum atomic E-state index is 8.86. The molecule has 1 atom stereocenters. The molecule has 0 saturated carbocycles. The highest BCUT2D eigenvalue weighted by molar-refractivity contribution is 5.29. The third-order valence-corrected chi connectivity index (χ3v) is 2.23. The number of ether oxygens (including phenoxy) is 1. The van der Waals surface area contributed by atoms with Gasteiger partial charge in [0.25, 0.3) is 0 Å². The summed E-state index contributed by atoms with van der Waals surface area (Å²) in [6.07, 6.45) is 0.798. The first-order chi connectivity index (χ1) is 6.29. The van der Waals surface area contributed by atoms with Crippen molar-refractivity contribution >= 4 is 0 Å². The molecule has 0 bridgehead atoms. The van der Waals surface area contributed by atoms with Crippen molar-refractivity contribution in [3.63, 3.8) is 0 Å². The second-order valence-corrected chi connectivity index (χ2v) is 3.05. The first-order valence-corrected chi connectivity index (χ1v) is 4.51. The van der Waals surface area contributed by atoms with E-state index in [0.29, 0.717) is 6.42 Å². The van der Waals surface area contributed by atoms with Crippen LogP contribution >= 0.6 is 0 Å². The molecule has 0 aromatic heterocycles. The van der Waals surface area contributed by atoms with Gasteiger partial charge in [0, 0.05) is 13.7 Å². The minimum Gasteiger partial charge on any atom is -0.396 e. The van der Waals surface area contributed by atoms with Gasteiger partial charge in [-0.25, -0.2) is 0 Å². The zero-order chi connectivity index (χ0) is 9.68. The molecule has 1 aromatic rings. The summed E-state index contributed by atoms with van der Waals surface area (Å²) in [5.74, 6) is 0. The van der Waals surface area contributed by atoms with E-state index in [2.05, 4.69) is 0 Å². The van der Waals surface area contributed by atoms with Crippen LogP contribution in [0.4, 0.5) is 0 Å². The van der Waals surface area contributed by atoms with Gasteiger partial charge in [0.05, 0.1) is 6.10 Å². The van der Waals surface area contributed by atoms with Crippen molar-refractivity contribution in [3.8, 4) is 0 Å². The Hall–Kier alpha value is -0.860. The summed E-state index contributed by atoms with van der Waals surface area (Å²) in [6.45, 7) is 2.20. The number of hydrogen-bond donors (Lipinski definition) is 1. The van der Waals surface area contributed by atoms with Gasteiger partial charge in [-0.15, -0.1) is 0 Å². The Kier molecular flexibility index (Phi) is 3.93. The van der Waals surface area contributed by atoms with E-state index in [-0.39, 0.29) is 12.7 Å². The number of aliphatic hydroxyl groups is 1. The van der Waals surface area contributed by atoms with Gasteiger partial charge in [0.15, 0.2) is 0 Å². The molecule has 0 radical (unpaired) electrons. The van der Waals surface area contributed by atoms with Crippen LogP contribution in [0, 0.1) is 0 Å². The van der Waals surface area contributed by atoms with E-state index in [9.17, 15) is 0 Å². The highest BCUT2D eigenvalue weighted by atomic mass is 16.5. The molecule has 0 saturated heterocycles. The molecule has 0 heterocycles. The van der Waals surface area contributed by atoms with Crippen LogP contribution in [0.5, 0.6) is 0 Å². The SMILES string of the molecule is COC(C)c1ccccc1CCO. The Balaban J connectivity index is 2.90. The maximum Gasteiger partial charge on any atom is 0.0795 e. The standard InChI is InChI=1S/C11H16O2/c1-9(13-2)11-6-4-3-5-10(11)7-8-12/h3-6,9,12H,7-8H2,1-2H3. The highest BCUT2D eigenvalue weighted by Gasteiger charge is 2.07. The maximum absolute atomic E-state index is 8.86. The predicted octanol–water partition coefficient (Wildman–Crippen LogP) is 1.93. The summed E-state index contributed by atoms with van der Waals surface area (Å²) in [5.41, 5.74) is 2.33. The van der Waals surface area contributed by atoms with Gasteiger partial charge in [-0.3, -0.25) is 0 Å². The Morgan fingerprint density at radius 3 is 2.69 bits per heavy atom. The molecule has 0 aliphatic carbocycles. The van der Waals surface area contributed by atoms with Crippen molar-refractivity contribution in [3.05, 3.63) is 35.4 Å². The molecule has 1 aromatic carbocycles. The fraction of sp³-hybridized carbons (Fsp3) is 0.455. The zero-order valence-electron chi connectivity index (χ0n) is 8.16. The van der Waals surface area contributed by atoms with Crippen molar-refractivity contribution in [1.29, 1.82) is 0 Å². The monoisotopic (exact) mass is 180 g/mol. The molecule has 72 valence electrons. The quantitative estimate of drug-likeness (QED) is 0.767. The summed E-state index contributed by atoms with van der Waals surface area (Å²) in [5, 5.41) is 8.86. The summed E-state index contributed by atoms with van der Waals surface area (Å²) >= 11 is 0. The number of benzene rings is 1. The van der Waals surface area contributed by atoms with E-state index < -0.39 is 0 Å². The van der Waals surface area contributed by atoms with Crippen LogP contribution in [0.2, 0.25) is 0 Å². The molecule has 0 spiro atoms. The Morgan fingerprint density at radius 1 is 1.38 bits per heavy atom. The smallest absolute Gasteiger partial charge is 0.0795 e. The third kappa shape index (κ3) is 2.54. The average Bonchev–Trinajstić information content (AvgIpc) is 2.18. The molecule has 13 heavy (non-hydrogen) atoms. The van der Waals surface area contributed by atoms with Crippen molar-refractivity contribution in [2.75, 3.05) is 13.7 Å². The Labute approximate surface area is 79.2 Å². The molecule has 0 amide bonds. The fourth-order valence-corrected chi connectivity index (χ4v) is 1.41. The van der Waals surface area contributed by atoms with Crippen LogP contribution in [0.3, 0.4) is 0 Å². The van der Waals surface area contributed by atoms with Gasteiger partial charge in [-0.1, -0.05) is 24.3 Å². The molecule has 0 aliphatic heterocycles. The zero-order valence-corrected chi connectivity index (χ0v) is 8.16. The second kappa shape index (κ2) is 5.00. The van der Waals surface area contributed by atoms with Gasteiger partial charge < -0.3 is 9.84 Å². The minimum atomic E-state index is 0.0998. The number of aliphatic hydroxyl groups excluding tert-OH is 1. The Bertz CT molecular complexity index is 258. The first-order valence-electron chi connectivity index (χ1n) is 4.51. The van der Waals surface area contributed by atoms with Crippen LogP contribution in [0.15, 0.2) is 24.3 Å². The summed E-state index contributed by atoms with van der Waals surface area (Å²) in [6, 6.07) is 8.04. The predicted molar refractivity (Wildman–Crippen MR) is 52.7 cm³/mol. The molecule has 2 heteroatoms. The van der Waals surface area contributed by atoms with Crippen molar-refractivity contribution in [2.24, 2.45) is 0 Å². The molecule has 2 nitrogen and oxygen atoms in total. The summed E-state index contributed by atoms with van der Waals surface area (Å²) < 4.78 is 5.24. The number of hydrogen-bond acceptors (Lipinski definition) is 2. The molecule has 1 unspecified atom stereocenters. The van der Waals surface area contributed by atoms with Crippen molar-refractivity contribution < 1.29 is 9.84 Å². The molecule has 1 rings (SSSR count). The average molecular weight is 180 g/mol. The molecule has 0 aliphatic rings. The topological polar surface area (TPSA) is 29.5 Å². The van der Waals surface area contributed by atoms with Crippen molar-refractivity contribution in [2.45, 2.75) is 19.4 Å². The van der Waals surface area contributed by atoms with Gasteiger partial charge in [0.2, 0.25) is 0 Å². The highest BCUT2D eigenvalue weighted by Crippen LogP contribution is 2.20. The third-order valence-electron chi connectivity index (χ3n) is 2.23. The van der Waals surface area contributed by atoms with E-state index in [0.717, 1.165) is 0 Å². The lowest BCUT2D eigenvalue weighted by Gasteiger charge is -2.14. The lowest BCUT2D eigenvalue weighted by molar-refractivity contribution is 0.118. The van der Waals surface area contributed by atoms with Crippen LogP contribution in [0.1, 0.15) is 24.2 Å².